The zero-order valence-electron chi connectivity index (χ0n) is 11.7. The number of aromatic nitrogens is 1. The molecule has 0 atom stereocenters. The molecule has 0 radical (unpaired) electrons. The van der Waals surface area contributed by atoms with Gasteiger partial charge in [-0.1, -0.05) is 0 Å². The molecule has 3 nitrogen and oxygen atoms in total. The van der Waals surface area contributed by atoms with E-state index in [1.54, 1.807) is 0 Å². The Kier molecular flexibility index (Phi) is 4.35. The Morgan fingerprint density at radius 1 is 1.05 bits per heavy atom. The lowest BCUT2D eigenvalue weighted by Gasteiger charge is -2.11. The summed E-state index contributed by atoms with van der Waals surface area (Å²) in [5, 5.41) is 2.49. The number of aryl methyl sites for hydroxylation is 2. The predicted molar refractivity (Wildman–Crippen MR) is 72.6 cm³/mol. The maximum atomic E-state index is 13.5. The van der Waals surface area contributed by atoms with E-state index in [1.165, 1.54) is 0 Å². The Labute approximate surface area is 120 Å². The van der Waals surface area contributed by atoms with Crippen molar-refractivity contribution in [3.8, 4) is 0 Å². The molecule has 0 bridgehead atoms. The highest BCUT2D eigenvalue weighted by molar-refractivity contribution is 5.94. The summed E-state index contributed by atoms with van der Waals surface area (Å²) in [5.41, 5.74) is 1.58. The number of hydrogen-bond donors (Lipinski definition) is 1. The fourth-order valence-electron chi connectivity index (χ4n) is 2.13. The molecule has 0 saturated carbocycles. The Hall–Kier alpha value is -2.24. The van der Waals surface area contributed by atoms with Crippen LogP contribution in [0.4, 0.5) is 13.2 Å². The maximum Gasteiger partial charge on any atom is 0.254 e. The second kappa shape index (κ2) is 6.03. The molecule has 0 saturated heterocycles. The molecule has 1 heterocycles. The van der Waals surface area contributed by atoms with Crippen molar-refractivity contribution in [3.05, 3.63) is 58.7 Å². The van der Waals surface area contributed by atoms with Gasteiger partial charge in [-0.25, -0.2) is 13.2 Å². The molecule has 21 heavy (non-hydrogen) atoms. The highest BCUT2D eigenvalue weighted by Crippen LogP contribution is 2.15. The SMILES string of the molecule is Cc1ccc(C)n1CCNC(=O)c1ccc(F)c(F)c1F. The summed E-state index contributed by atoms with van der Waals surface area (Å²) < 4.78 is 41.3. The summed E-state index contributed by atoms with van der Waals surface area (Å²) in [7, 11) is 0. The molecule has 0 aliphatic carbocycles. The van der Waals surface area contributed by atoms with Crippen molar-refractivity contribution in [2.45, 2.75) is 20.4 Å². The van der Waals surface area contributed by atoms with Gasteiger partial charge in [-0.05, 0) is 38.1 Å². The molecule has 2 aromatic rings. The summed E-state index contributed by atoms with van der Waals surface area (Å²) in [6.07, 6.45) is 0. The number of amides is 1. The van der Waals surface area contributed by atoms with E-state index in [4.69, 9.17) is 0 Å². The van der Waals surface area contributed by atoms with Crippen LogP contribution in [0, 0.1) is 31.3 Å². The van der Waals surface area contributed by atoms with Gasteiger partial charge in [0.25, 0.3) is 5.91 Å². The minimum absolute atomic E-state index is 0.258. The molecule has 0 unspecified atom stereocenters. The summed E-state index contributed by atoms with van der Waals surface area (Å²) in [4.78, 5) is 11.8. The Balaban J connectivity index is 2.01. The average Bonchev–Trinajstić information content (AvgIpc) is 2.76. The Bertz CT molecular complexity index is 660. The van der Waals surface area contributed by atoms with Crippen molar-refractivity contribution in [1.82, 2.24) is 9.88 Å². The largest absolute Gasteiger partial charge is 0.350 e. The molecular formula is C15H15F3N2O. The lowest BCUT2D eigenvalue weighted by molar-refractivity contribution is 0.0947. The monoisotopic (exact) mass is 296 g/mol. The lowest BCUT2D eigenvalue weighted by atomic mass is 10.2. The second-order valence-corrected chi connectivity index (χ2v) is 4.75. The van der Waals surface area contributed by atoms with Crippen molar-refractivity contribution < 1.29 is 18.0 Å². The highest BCUT2D eigenvalue weighted by Gasteiger charge is 2.18. The average molecular weight is 296 g/mol. The first-order valence-corrected chi connectivity index (χ1v) is 6.46. The number of rotatable bonds is 4. The van der Waals surface area contributed by atoms with Gasteiger partial charge < -0.3 is 9.88 Å². The zero-order valence-corrected chi connectivity index (χ0v) is 11.7. The molecule has 6 heteroatoms. The summed E-state index contributed by atoms with van der Waals surface area (Å²) in [6, 6.07) is 5.56. The van der Waals surface area contributed by atoms with Crippen molar-refractivity contribution in [2.24, 2.45) is 0 Å². The van der Waals surface area contributed by atoms with Gasteiger partial charge in [0.15, 0.2) is 17.5 Å². The molecular weight excluding hydrogens is 281 g/mol. The van der Waals surface area contributed by atoms with Crippen LogP contribution in [0.3, 0.4) is 0 Å². The van der Waals surface area contributed by atoms with E-state index in [0.717, 1.165) is 23.5 Å². The van der Waals surface area contributed by atoms with Crippen LogP contribution in [0.25, 0.3) is 0 Å². The number of hydrogen-bond acceptors (Lipinski definition) is 1. The third-order valence-electron chi connectivity index (χ3n) is 3.32. The van der Waals surface area contributed by atoms with Crippen LogP contribution in [0.15, 0.2) is 24.3 Å². The number of benzene rings is 1. The van der Waals surface area contributed by atoms with Gasteiger partial charge >= 0.3 is 0 Å². The smallest absolute Gasteiger partial charge is 0.254 e. The van der Waals surface area contributed by atoms with Gasteiger partial charge in [-0.15, -0.1) is 0 Å². The third-order valence-corrected chi connectivity index (χ3v) is 3.32. The van der Waals surface area contributed by atoms with Crippen molar-refractivity contribution in [2.75, 3.05) is 6.54 Å². The molecule has 0 spiro atoms. The predicted octanol–water partition coefficient (Wildman–Crippen LogP) is 2.95. The van der Waals surface area contributed by atoms with Crippen molar-refractivity contribution in [1.29, 1.82) is 0 Å². The molecule has 0 aliphatic heterocycles. The molecule has 1 aromatic carbocycles. The summed E-state index contributed by atoms with van der Waals surface area (Å²) >= 11 is 0. The van der Waals surface area contributed by atoms with Gasteiger partial charge in [0, 0.05) is 24.5 Å². The number of carbonyl (C=O) groups excluding carboxylic acids is 1. The van der Waals surface area contributed by atoms with E-state index < -0.39 is 28.9 Å². The van der Waals surface area contributed by atoms with E-state index in [1.807, 2.05) is 30.5 Å². The minimum Gasteiger partial charge on any atom is -0.350 e. The highest BCUT2D eigenvalue weighted by atomic mass is 19.2. The van der Waals surface area contributed by atoms with Crippen LogP contribution >= 0.6 is 0 Å². The summed E-state index contributed by atoms with van der Waals surface area (Å²) in [6.45, 7) is 4.64. The lowest BCUT2D eigenvalue weighted by Crippen LogP contribution is -2.28. The maximum absolute atomic E-state index is 13.5. The van der Waals surface area contributed by atoms with E-state index in [0.29, 0.717) is 6.54 Å². The van der Waals surface area contributed by atoms with E-state index in [2.05, 4.69) is 5.32 Å². The third kappa shape index (κ3) is 3.09. The van der Waals surface area contributed by atoms with Crippen LogP contribution in [0.2, 0.25) is 0 Å². The van der Waals surface area contributed by atoms with E-state index in [-0.39, 0.29) is 6.54 Å². The van der Waals surface area contributed by atoms with Gasteiger partial charge in [0.1, 0.15) is 0 Å². The number of nitrogens with one attached hydrogen (secondary N) is 1. The Morgan fingerprint density at radius 3 is 2.29 bits per heavy atom. The molecule has 2 rings (SSSR count). The zero-order chi connectivity index (χ0) is 15.6. The fraction of sp³-hybridized carbons (Fsp3) is 0.267. The second-order valence-electron chi connectivity index (χ2n) is 4.75. The first-order chi connectivity index (χ1) is 9.91. The minimum atomic E-state index is -1.64. The van der Waals surface area contributed by atoms with Gasteiger partial charge in [0.05, 0.1) is 5.56 Å². The molecule has 1 aromatic heterocycles. The molecule has 0 fully saturated rings. The van der Waals surface area contributed by atoms with Crippen LogP contribution in [0.5, 0.6) is 0 Å². The molecule has 0 aliphatic rings. The van der Waals surface area contributed by atoms with Crippen LogP contribution < -0.4 is 5.32 Å². The van der Waals surface area contributed by atoms with E-state index in [9.17, 15) is 18.0 Å². The van der Waals surface area contributed by atoms with Gasteiger partial charge in [0.2, 0.25) is 0 Å². The molecule has 1 amide bonds. The van der Waals surface area contributed by atoms with Crippen molar-refractivity contribution >= 4 is 5.91 Å². The molecule has 1 N–H and O–H groups in total. The van der Waals surface area contributed by atoms with Crippen molar-refractivity contribution in [3.63, 3.8) is 0 Å². The van der Waals surface area contributed by atoms with Crippen LogP contribution in [-0.2, 0) is 6.54 Å². The van der Waals surface area contributed by atoms with E-state index >= 15 is 0 Å². The van der Waals surface area contributed by atoms with Gasteiger partial charge in [-0.2, -0.15) is 0 Å². The fourth-order valence-corrected chi connectivity index (χ4v) is 2.13. The Morgan fingerprint density at radius 2 is 1.67 bits per heavy atom. The first-order valence-electron chi connectivity index (χ1n) is 6.46. The van der Waals surface area contributed by atoms with Gasteiger partial charge in [-0.3, -0.25) is 4.79 Å². The standard InChI is InChI=1S/C15H15F3N2O/c1-9-3-4-10(2)20(9)8-7-19-15(21)11-5-6-12(16)14(18)13(11)17/h3-6H,7-8H2,1-2H3,(H,19,21). The number of halogens is 3. The normalized spacial score (nSPS) is 10.7. The topological polar surface area (TPSA) is 34.0 Å². The van der Waals surface area contributed by atoms with Crippen LogP contribution in [0.1, 0.15) is 21.7 Å². The number of nitrogens with zero attached hydrogens (tertiary/aromatic N) is 1. The summed E-state index contributed by atoms with van der Waals surface area (Å²) in [5.74, 6) is -5.20. The van der Waals surface area contributed by atoms with Crippen LogP contribution in [-0.4, -0.2) is 17.0 Å². The molecule has 112 valence electrons. The first kappa shape index (κ1) is 15.2. The quantitative estimate of drug-likeness (QED) is 0.865. The number of carbonyl (C=O) groups is 1.